The summed E-state index contributed by atoms with van der Waals surface area (Å²) in [6.07, 6.45) is 9.87. The maximum Gasteiger partial charge on any atom is -0.0192 e. The molecule has 0 saturated heterocycles. The number of hydrogen-bond acceptors (Lipinski definition) is 0. The van der Waals surface area contributed by atoms with E-state index in [0.717, 1.165) is 29.1 Å². The van der Waals surface area contributed by atoms with Crippen molar-refractivity contribution in [1.82, 2.24) is 0 Å². The molecule has 3 aliphatic carbocycles. The molecule has 0 amide bonds. The lowest BCUT2D eigenvalue weighted by atomic mass is 9.86. The first-order valence-corrected chi connectivity index (χ1v) is 6.79. The third-order valence-electron chi connectivity index (χ3n) is 5.28. The highest BCUT2D eigenvalue weighted by Crippen LogP contribution is 2.84. The van der Waals surface area contributed by atoms with Gasteiger partial charge in [0.2, 0.25) is 0 Å². The molecule has 0 heteroatoms. The van der Waals surface area contributed by atoms with E-state index in [4.69, 9.17) is 0 Å². The van der Waals surface area contributed by atoms with E-state index in [1.165, 1.54) is 25.7 Å². The van der Waals surface area contributed by atoms with Crippen LogP contribution in [0.5, 0.6) is 0 Å². The first-order valence-electron chi connectivity index (χ1n) is 6.79. The van der Waals surface area contributed by atoms with Crippen molar-refractivity contribution in [2.24, 2.45) is 29.1 Å². The second-order valence-corrected chi connectivity index (χ2v) is 6.54. The number of fused-ring (bicyclic) bond motifs is 1. The number of hydrogen-bond donors (Lipinski definition) is 0. The molecule has 0 radical (unpaired) electrons. The van der Waals surface area contributed by atoms with Crippen LogP contribution in [0.2, 0.25) is 0 Å². The zero-order valence-corrected chi connectivity index (χ0v) is 10.4. The Morgan fingerprint density at radius 1 is 1.47 bits per heavy atom. The molecule has 3 aliphatic rings. The van der Waals surface area contributed by atoms with Gasteiger partial charge in [-0.15, -0.1) is 0 Å². The van der Waals surface area contributed by atoms with Gasteiger partial charge in [-0.2, -0.15) is 0 Å². The fraction of sp³-hybridized carbons (Fsp3) is 0.867. The van der Waals surface area contributed by atoms with E-state index in [1.807, 2.05) is 0 Å². The Kier molecular flexibility index (Phi) is 2.06. The van der Waals surface area contributed by atoms with Gasteiger partial charge in [-0.3, -0.25) is 0 Å². The van der Waals surface area contributed by atoms with Crippen LogP contribution in [0, 0.1) is 29.1 Å². The van der Waals surface area contributed by atoms with Crippen molar-refractivity contribution in [3.05, 3.63) is 11.6 Å². The first-order chi connectivity index (χ1) is 7.17. The summed E-state index contributed by atoms with van der Waals surface area (Å²) in [5.74, 6) is 4.41. The first kappa shape index (κ1) is 9.93. The lowest BCUT2D eigenvalue weighted by Crippen LogP contribution is -2.10. The van der Waals surface area contributed by atoms with Crippen LogP contribution in [0.3, 0.4) is 0 Å². The largest absolute Gasteiger partial charge is 0.0887 e. The van der Waals surface area contributed by atoms with Crippen LogP contribution in [0.4, 0.5) is 0 Å². The minimum Gasteiger partial charge on any atom is -0.0887 e. The second kappa shape index (κ2) is 3.12. The third kappa shape index (κ3) is 1.57. The van der Waals surface area contributed by atoms with Gasteiger partial charge in [0.15, 0.2) is 0 Å². The minimum absolute atomic E-state index is 0.824. The average Bonchev–Trinajstić information content (AvgIpc) is 2.98. The molecule has 0 heterocycles. The second-order valence-electron chi connectivity index (χ2n) is 6.54. The monoisotopic (exact) mass is 204 g/mol. The van der Waals surface area contributed by atoms with E-state index in [1.54, 1.807) is 12.0 Å². The van der Waals surface area contributed by atoms with Crippen LogP contribution in [0.15, 0.2) is 11.6 Å². The van der Waals surface area contributed by atoms with E-state index in [0.29, 0.717) is 0 Å². The highest BCUT2D eigenvalue weighted by atomic mass is 14.8. The SMILES string of the molecule is CC=C(C)CC12CC1C2C(C)CC1CC1. The minimum atomic E-state index is 0.824. The van der Waals surface area contributed by atoms with Gasteiger partial charge < -0.3 is 0 Å². The van der Waals surface area contributed by atoms with Crippen molar-refractivity contribution in [1.29, 1.82) is 0 Å². The predicted molar refractivity (Wildman–Crippen MR) is 64.6 cm³/mol. The molecular weight excluding hydrogens is 180 g/mol. The third-order valence-corrected chi connectivity index (χ3v) is 5.28. The van der Waals surface area contributed by atoms with Crippen LogP contribution in [0.25, 0.3) is 0 Å². The molecular formula is C15H24. The van der Waals surface area contributed by atoms with Crippen LogP contribution in [-0.4, -0.2) is 0 Å². The van der Waals surface area contributed by atoms with Gasteiger partial charge in [-0.1, -0.05) is 31.4 Å². The molecule has 84 valence electrons. The molecule has 3 saturated carbocycles. The van der Waals surface area contributed by atoms with Gasteiger partial charge in [0, 0.05) is 0 Å². The zero-order valence-electron chi connectivity index (χ0n) is 10.4. The molecule has 0 nitrogen and oxygen atoms in total. The molecule has 0 aromatic heterocycles. The Labute approximate surface area is 94.1 Å². The highest BCUT2D eigenvalue weighted by molar-refractivity contribution is 5.29. The fourth-order valence-corrected chi connectivity index (χ4v) is 4.00. The Hall–Kier alpha value is -0.260. The molecule has 0 aromatic rings. The fourth-order valence-electron chi connectivity index (χ4n) is 4.00. The van der Waals surface area contributed by atoms with Gasteiger partial charge in [0.25, 0.3) is 0 Å². The standard InChI is InChI=1S/C15H24/c1-4-10(2)8-15-9-13(15)14(15)11(3)7-12-5-6-12/h4,11-14H,5-9H2,1-3H3. The van der Waals surface area contributed by atoms with E-state index < -0.39 is 0 Å². The van der Waals surface area contributed by atoms with E-state index in [9.17, 15) is 0 Å². The molecule has 15 heavy (non-hydrogen) atoms. The van der Waals surface area contributed by atoms with Crippen molar-refractivity contribution >= 4 is 0 Å². The normalized spacial score (nSPS) is 44.9. The molecule has 4 atom stereocenters. The van der Waals surface area contributed by atoms with Crippen LogP contribution in [0.1, 0.15) is 52.9 Å². The summed E-state index contributed by atoms with van der Waals surface area (Å²) < 4.78 is 0. The summed E-state index contributed by atoms with van der Waals surface area (Å²) in [4.78, 5) is 0. The van der Waals surface area contributed by atoms with Gasteiger partial charge >= 0.3 is 0 Å². The van der Waals surface area contributed by atoms with E-state index in [-0.39, 0.29) is 0 Å². The molecule has 0 aromatic carbocycles. The van der Waals surface area contributed by atoms with Crippen LogP contribution in [-0.2, 0) is 0 Å². The summed E-state index contributed by atoms with van der Waals surface area (Å²) in [6, 6.07) is 0. The molecule has 0 bridgehead atoms. The van der Waals surface area contributed by atoms with Crippen molar-refractivity contribution in [3.8, 4) is 0 Å². The van der Waals surface area contributed by atoms with Gasteiger partial charge in [0.1, 0.15) is 0 Å². The summed E-state index contributed by atoms with van der Waals surface area (Å²) in [5.41, 5.74) is 2.45. The summed E-state index contributed by atoms with van der Waals surface area (Å²) in [6.45, 7) is 7.02. The Morgan fingerprint density at radius 3 is 2.73 bits per heavy atom. The molecule has 0 spiro atoms. The van der Waals surface area contributed by atoms with Crippen molar-refractivity contribution in [2.75, 3.05) is 0 Å². The lowest BCUT2D eigenvalue weighted by Gasteiger charge is -2.19. The quantitative estimate of drug-likeness (QED) is 0.582. The van der Waals surface area contributed by atoms with Gasteiger partial charge in [-0.25, -0.2) is 0 Å². The molecule has 3 rings (SSSR count). The molecule has 4 unspecified atom stereocenters. The summed E-state index contributed by atoms with van der Waals surface area (Å²) >= 11 is 0. The van der Waals surface area contributed by atoms with Gasteiger partial charge in [-0.05, 0) is 62.2 Å². The number of allylic oxidation sites excluding steroid dienone is 2. The maximum absolute atomic E-state index is 2.52. The van der Waals surface area contributed by atoms with Crippen molar-refractivity contribution in [2.45, 2.75) is 52.9 Å². The van der Waals surface area contributed by atoms with Gasteiger partial charge in [0.05, 0.1) is 0 Å². The summed E-state index contributed by atoms with van der Waals surface area (Å²) in [7, 11) is 0. The Bertz CT molecular complexity index is 297. The van der Waals surface area contributed by atoms with Crippen LogP contribution >= 0.6 is 0 Å². The van der Waals surface area contributed by atoms with E-state index >= 15 is 0 Å². The number of rotatable bonds is 5. The lowest BCUT2D eigenvalue weighted by molar-refractivity contribution is 0.323. The van der Waals surface area contributed by atoms with E-state index in [2.05, 4.69) is 26.8 Å². The smallest absolute Gasteiger partial charge is 0.0192 e. The van der Waals surface area contributed by atoms with Crippen LogP contribution < -0.4 is 0 Å². The maximum atomic E-state index is 2.52. The zero-order chi connectivity index (χ0) is 10.6. The molecule has 0 aliphatic heterocycles. The molecule has 3 fully saturated rings. The Morgan fingerprint density at radius 2 is 2.20 bits per heavy atom. The average molecular weight is 204 g/mol. The summed E-state index contributed by atoms with van der Waals surface area (Å²) in [5, 5.41) is 0. The van der Waals surface area contributed by atoms with Crippen molar-refractivity contribution in [3.63, 3.8) is 0 Å². The molecule has 0 N–H and O–H groups in total. The highest BCUT2D eigenvalue weighted by Gasteiger charge is 2.78. The van der Waals surface area contributed by atoms with Crippen molar-refractivity contribution < 1.29 is 0 Å². The Balaban J connectivity index is 1.54. The topological polar surface area (TPSA) is 0 Å². The predicted octanol–water partition coefficient (Wildman–Crippen LogP) is 4.42.